The third-order valence-corrected chi connectivity index (χ3v) is 4.42. The summed E-state index contributed by atoms with van der Waals surface area (Å²) in [6, 6.07) is 22.0. The number of esters is 1. The van der Waals surface area contributed by atoms with Crippen LogP contribution in [0.4, 0.5) is 5.69 Å². The highest BCUT2D eigenvalue weighted by Gasteiger charge is 2.08. The van der Waals surface area contributed by atoms with Gasteiger partial charge in [0, 0.05) is 15.2 Å². The van der Waals surface area contributed by atoms with Crippen molar-refractivity contribution in [2.75, 3.05) is 0 Å². The molecule has 0 unspecified atom stereocenters. The number of rotatable bonds is 4. The lowest BCUT2D eigenvalue weighted by Crippen LogP contribution is -2.08. The molecule has 0 saturated heterocycles. The molecule has 0 saturated carbocycles. The SMILES string of the molecule is O=C(Oc1ccc(Br)cc1)c1ccc(C=Nc2ccc(Br)cc2)cc1. The minimum Gasteiger partial charge on any atom is -0.423 e. The monoisotopic (exact) mass is 457 g/mol. The largest absolute Gasteiger partial charge is 0.423 e. The minimum atomic E-state index is -0.390. The molecule has 0 atom stereocenters. The number of nitrogens with zero attached hydrogens (tertiary/aromatic N) is 1. The van der Waals surface area contributed by atoms with Crippen LogP contribution in [0.5, 0.6) is 5.75 Å². The quantitative estimate of drug-likeness (QED) is 0.266. The molecule has 5 heteroatoms. The molecule has 3 aromatic rings. The molecule has 0 radical (unpaired) electrons. The van der Waals surface area contributed by atoms with Crippen molar-refractivity contribution in [3.05, 3.63) is 92.9 Å². The molecule has 0 aromatic heterocycles. The standard InChI is InChI=1S/C20H13Br2NO2/c21-16-5-9-18(10-6-16)23-13-14-1-3-15(4-2-14)20(24)25-19-11-7-17(22)8-12-19/h1-13H. The van der Waals surface area contributed by atoms with Gasteiger partial charge in [0.05, 0.1) is 11.3 Å². The molecule has 0 aliphatic rings. The van der Waals surface area contributed by atoms with E-state index in [0.717, 1.165) is 20.2 Å². The van der Waals surface area contributed by atoms with E-state index in [4.69, 9.17) is 4.74 Å². The van der Waals surface area contributed by atoms with E-state index in [1.54, 1.807) is 30.5 Å². The van der Waals surface area contributed by atoms with Crippen LogP contribution in [0.1, 0.15) is 15.9 Å². The number of halogens is 2. The van der Waals surface area contributed by atoms with Crippen molar-refractivity contribution in [1.82, 2.24) is 0 Å². The van der Waals surface area contributed by atoms with Crippen LogP contribution in [0.3, 0.4) is 0 Å². The second-order valence-electron chi connectivity index (χ2n) is 5.20. The van der Waals surface area contributed by atoms with Gasteiger partial charge in [-0.2, -0.15) is 0 Å². The zero-order chi connectivity index (χ0) is 17.6. The van der Waals surface area contributed by atoms with Gasteiger partial charge in [-0.25, -0.2) is 4.79 Å². The summed E-state index contributed by atoms with van der Waals surface area (Å²) in [4.78, 5) is 16.6. The highest BCUT2D eigenvalue weighted by Crippen LogP contribution is 2.18. The Labute approximate surface area is 162 Å². The van der Waals surface area contributed by atoms with Crippen LogP contribution in [0, 0.1) is 0 Å². The predicted octanol–water partition coefficient (Wildman–Crippen LogP) is 6.18. The number of carbonyl (C=O) groups is 1. The zero-order valence-corrected chi connectivity index (χ0v) is 16.2. The Hall–Kier alpha value is -2.24. The molecule has 0 spiro atoms. The van der Waals surface area contributed by atoms with Crippen molar-refractivity contribution >= 4 is 49.7 Å². The van der Waals surface area contributed by atoms with Crippen molar-refractivity contribution in [3.63, 3.8) is 0 Å². The van der Waals surface area contributed by atoms with Crippen LogP contribution >= 0.6 is 31.9 Å². The van der Waals surface area contributed by atoms with Crippen molar-refractivity contribution in [2.24, 2.45) is 4.99 Å². The molecule has 3 rings (SSSR count). The summed E-state index contributed by atoms with van der Waals surface area (Å²) in [7, 11) is 0. The van der Waals surface area contributed by atoms with E-state index in [2.05, 4.69) is 36.9 Å². The highest BCUT2D eigenvalue weighted by atomic mass is 79.9. The normalized spacial score (nSPS) is 10.8. The van der Waals surface area contributed by atoms with Gasteiger partial charge in [-0.15, -0.1) is 0 Å². The van der Waals surface area contributed by atoms with Crippen molar-refractivity contribution in [2.45, 2.75) is 0 Å². The first-order valence-corrected chi connectivity index (χ1v) is 9.06. The van der Waals surface area contributed by atoms with Crippen molar-refractivity contribution in [1.29, 1.82) is 0 Å². The molecule has 25 heavy (non-hydrogen) atoms. The van der Waals surface area contributed by atoms with Crippen LogP contribution in [0.2, 0.25) is 0 Å². The van der Waals surface area contributed by atoms with Gasteiger partial charge in [0.2, 0.25) is 0 Å². The van der Waals surface area contributed by atoms with Gasteiger partial charge in [0.25, 0.3) is 0 Å². The van der Waals surface area contributed by atoms with Crippen molar-refractivity contribution in [3.8, 4) is 5.75 Å². The lowest BCUT2D eigenvalue weighted by Gasteiger charge is -2.04. The molecule has 0 aliphatic heterocycles. The molecule has 0 amide bonds. The smallest absolute Gasteiger partial charge is 0.343 e. The van der Waals surface area contributed by atoms with Crippen molar-refractivity contribution < 1.29 is 9.53 Å². The predicted molar refractivity (Wildman–Crippen MR) is 107 cm³/mol. The maximum atomic E-state index is 12.1. The summed E-state index contributed by atoms with van der Waals surface area (Å²) < 4.78 is 7.28. The first-order chi connectivity index (χ1) is 12.1. The molecular weight excluding hydrogens is 446 g/mol. The number of hydrogen-bond acceptors (Lipinski definition) is 3. The van der Waals surface area contributed by atoms with Gasteiger partial charge in [-0.3, -0.25) is 4.99 Å². The topological polar surface area (TPSA) is 38.7 Å². The summed E-state index contributed by atoms with van der Waals surface area (Å²) in [5, 5.41) is 0. The third kappa shape index (κ3) is 5.11. The Morgan fingerprint density at radius 1 is 0.800 bits per heavy atom. The fourth-order valence-electron chi connectivity index (χ4n) is 2.05. The number of hydrogen-bond donors (Lipinski definition) is 0. The van der Waals surface area contributed by atoms with E-state index in [0.29, 0.717) is 11.3 Å². The van der Waals surface area contributed by atoms with Gasteiger partial charge >= 0.3 is 5.97 Å². The summed E-state index contributed by atoms with van der Waals surface area (Å²) in [5.41, 5.74) is 2.26. The van der Waals surface area contributed by atoms with Crippen LogP contribution < -0.4 is 4.74 Å². The summed E-state index contributed by atoms with van der Waals surface area (Å²) in [6.45, 7) is 0. The highest BCUT2D eigenvalue weighted by molar-refractivity contribution is 9.10. The van der Waals surface area contributed by atoms with Gasteiger partial charge in [-0.1, -0.05) is 44.0 Å². The third-order valence-electron chi connectivity index (χ3n) is 3.36. The lowest BCUT2D eigenvalue weighted by atomic mass is 10.1. The number of benzene rings is 3. The lowest BCUT2D eigenvalue weighted by molar-refractivity contribution is 0.0735. The van der Waals surface area contributed by atoms with Crippen LogP contribution in [-0.2, 0) is 0 Å². The van der Waals surface area contributed by atoms with Gasteiger partial charge in [0.15, 0.2) is 0 Å². The minimum absolute atomic E-state index is 0.390. The number of carbonyl (C=O) groups excluding carboxylic acids is 1. The summed E-state index contributed by atoms with van der Waals surface area (Å²) in [5.74, 6) is 0.118. The molecular formula is C20H13Br2NO2. The van der Waals surface area contributed by atoms with E-state index in [1.807, 2.05) is 48.5 Å². The molecule has 0 aliphatic carbocycles. The second-order valence-corrected chi connectivity index (χ2v) is 7.03. The second kappa shape index (κ2) is 8.23. The average molecular weight is 459 g/mol. The van der Waals surface area contributed by atoms with E-state index >= 15 is 0 Å². The Bertz CT molecular complexity index is 886. The summed E-state index contributed by atoms with van der Waals surface area (Å²) >= 11 is 6.74. The van der Waals surface area contributed by atoms with E-state index in [-0.39, 0.29) is 0 Å². The van der Waals surface area contributed by atoms with Gasteiger partial charge in [0.1, 0.15) is 5.75 Å². The first kappa shape index (κ1) is 17.6. The Kier molecular flexibility index (Phi) is 5.79. The Morgan fingerprint density at radius 2 is 1.36 bits per heavy atom. The fraction of sp³-hybridized carbons (Fsp3) is 0. The molecule has 124 valence electrons. The zero-order valence-electron chi connectivity index (χ0n) is 13.0. The van der Waals surface area contributed by atoms with E-state index < -0.39 is 5.97 Å². The van der Waals surface area contributed by atoms with E-state index in [9.17, 15) is 4.79 Å². The van der Waals surface area contributed by atoms with Gasteiger partial charge in [-0.05, 0) is 66.2 Å². The first-order valence-electron chi connectivity index (χ1n) is 7.47. The average Bonchev–Trinajstić information content (AvgIpc) is 2.63. The molecule has 0 N–H and O–H groups in total. The van der Waals surface area contributed by atoms with E-state index in [1.165, 1.54) is 0 Å². The van der Waals surface area contributed by atoms with Crippen LogP contribution in [0.15, 0.2) is 86.7 Å². The molecule has 3 aromatic carbocycles. The number of ether oxygens (including phenoxy) is 1. The number of aliphatic imine (C=N–C) groups is 1. The molecule has 0 heterocycles. The Balaban J connectivity index is 1.66. The molecule has 3 nitrogen and oxygen atoms in total. The fourth-order valence-corrected chi connectivity index (χ4v) is 2.58. The Morgan fingerprint density at radius 3 is 1.96 bits per heavy atom. The molecule has 0 bridgehead atoms. The van der Waals surface area contributed by atoms with Crippen LogP contribution in [-0.4, -0.2) is 12.2 Å². The maximum absolute atomic E-state index is 12.1. The van der Waals surface area contributed by atoms with Gasteiger partial charge < -0.3 is 4.74 Å². The maximum Gasteiger partial charge on any atom is 0.343 e. The summed E-state index contributed by atoms with van der Waals surface area (Å²) in [6.07, 6.45) is 1.76. The molecule has 0 fully saturated rings. The van der Waals surface area contributed by atoms with Crippen LogP contribution in [0.25, 0.3) is 0 Å².